The molecule has 4 heteroatoms. The van der Waals surface area contributed by atoms with Crippen molar-refractivity contribution in [2.75, 3.05) is 0 Å². The van der Waals surface area contributed by atoms with E-state index < -0.39 is 0 Å². The number of aryl methyl sites for hydroxylation is 2. The first-order chi connectivity index (χ1) is 8.88. The molecule has 19 heavy (non-hydrogen) atoms. The summed E-state index contributed by atoms with van der Waals surface area (Å²) in [5, 5.41) is 1.34. The van der Waals surface area contributed by atoms with E-state index in [2.05, 4.69) is 22.9 Å². The van der Waals surface area contributed by atoms with Crippen LogP contribution in [0, 0.1) is 13.8 Å². The summed E-state index contributed by atoms with van der Waals surface area (Å²) in [6, 6.07) is 9.36. The topological polar surface area (TPSA) is 26.0 Å². The zero-order chi connectivity index (χ0) is 14.2. The molecule has 0 amide bonds. The van der Waals surface area contributed by atoms with Gasteiger partial charge in [-0.25, -0.2) is 0 Å². The van der Waals surface area contributed by atoms with Crippen molar-refractivity contribution in [3.8, 4) is 0 Å². The molecule has 0 aliphatic heterocycles. The molecular formula is C15H14BrCl2N. The van der Waals surface area contributed by atoms with Crippen LogP contribution in [0.1, 0.15) is 28.3 Å². The molecule has 0 saturated heterocycles. The van der Waals surface area contributed by atoms with Gasteiger partial charge in [-0.15, -0.1) is 0 Å². The maximum absolute atomic E-state index is 6.31. The van der Waals surface area contributed by atoms with Gasteiger partial charge in [-0.1, -0.05) is 45.2 Å². The molecule has 100 valence electrons. The van der Waals surface area contributed by atoms with Crippen molar-refractivity contribution in [3.63, 3.8) is 0 Å². The van der Waals surface area contributed by atoms with Crippen LogP contribution in [-0.4, -0.2) is 0 Å². The fourth-order valence-electron chi connectivity index (χ4n) is 1.98. The quantitative estimate of drug-likeness (QED) is 0.761. The summed E-state index contributed by atoms with van der Waals surface area (Å²) in [5.41, 5.74) is 10.5. The maximum atomic E-state index is 6.31. The number of nitrogens with two attached hydrogens (primary N) is 1. The van der Waals surface area contributed by atoms with E-state index in [1.807, 2.05) is 37.3 Å². The molecule has 0 heterocycles. The highest BCUT2D eigenvalue weighted by Gasteiger charge is 2.15. The summed E-state index contributed by atoms with van der Waals surface area (Å²) in [7, 11) is 0. The van der Waals surface area contributed by atoms with E-state index in [0.29, 0.717) is 10.0 Å². The van der Waals surface area contributed by atoms with Gasteiger partial charge in [-0.2, -0.15) is 0 Å². The van der Waals surface area contributed by atoms with E-state index in [1.165, 1.54) is 5.56 Å². The summed E-state index contributed by atoms with van der Waals surface area (Å²) in [6.45, 7) is 4.09. The monoisotopic (exact) mass is 357 g/mol. The second-order valence-corrected chi connectivity index (χ2v) is 6.40. The highest BCUT2D eigenvalue weighted by Crippen LogP contribution is 2.31. The van der Waals surface area contributed by atoms with Crippen molar-refractivity contribution in [1.29, 1.82) is 0 Å². The maximum Gasteiger partial charge on any atom is 0.0567 e. The van der Waals surface area contributed by atoms with Crippen molar-refractivity contribution in [1.82, 2.24) is 0 Å². The van der Waals surface area contributed by atoms with Crippen LogP contribution >= 0.6 is 39.1 Å². The Balaban J connectivity index is 2.49. The van der Waals surface area contributed by atoms with E-state index in [-0.39, 0.29) is 6.04 Å². The molecule has 0 bridgehead atoms. The SMILES string of the molecule is Cc1cc(Cl)c(C(N)c2cc(Cl)cc(Br)c2)cc1C. The van der Waals surface area contributed by atoms with Crippen molar-refractivity contribution in [3.05, 3.63) is 67.1 Å². The van der Waals surface area contributed by atoms with Gasteiger partial charge in [0.25, 0.3) is 0 Å². The highest BCUT2D eigenvalue weighted by atomic mass is 79.9. The second kappa shape index (κ2) is 5.84. The Kier molecular flexibility index (Phi) is 4.57. The number of hydrogen-bond acceptors (Lipinski definition) is 1. The van der Waals surface area contributed by atoms with Crippen molar-refractivity contribution < 1.29 is 0 Å². The summed E-state index contributed by atoms with van der Waals surface area (Å²) in [6.07, 6.45) is 0. The first-order valence-electron chi connectivity index (χ1n) is 5.86. The lowest BCUT2D eigenvalue weighted by Crippen LogP contribution is -2.13. The normalized spacial score (nSPS) is 12.5. The molecule has 2 rings (SSSR count). The van der Waals surface area contributed by atoms with Crippen molar-refractivity contribution >= 4 is 39.1 Å². The lowest BCUT2D eigenvalue weighted by atomic mass is 9.96. The molecule has 0 aliphatic rings. The van der Waals surface area contributed by atoms with Crippen molar-refractivity contribution in [2.24, 2.45) is 5.73 Å². The molecule has 0 spiro atoms. The molecule has 1 unspecified atom stereocenters. The second-order valence-electron chi connectivity index (χ2n) is 4.64. The van der Waals surface area contributed by atoms with Crippen LogP contribution in [-0.2, 0) is 0 Å². The summed E-state index contributed by atoms with van der Waals surface area (Å²) in [5.74, 6) is 0. The van der Waals surface area contributed by atoms with Gasteiger partial charge in [0.2, 0.25) is 0 Å². The molecule has 2 aromatic rings. The molecule has 1 atom stereocenters. The predicted octanol–water partition coefficient (Wildman–Crippen LogP) is 5.42. The molecule has 1 nitrogen and oxygen atoms in total. The fraction of sp³-hybridized carbons (Fsp3) is 0.200. The lowest BCUT2D eigenvalue weighted by Gasteiger charge is -2.17. The summed E-state index contributed by atoms with van der Waals surface area (Å²) < 4.78 is 0.908. The largest absolute Gasteiger partial charge is 0.320 e. The van der Waals surface area contributed by atoms with E-state index in [0.717, 1.165) is 21.2 Å². The van der Waals surface area contributed by atoms with Gasteiger partial charge >= 0.3 is 0 Å². The molecule has 0 saturated carbocycles. The Morgan fingerprint density at radius 1 is 1.00 bits per heavy atom. The Morgan fingerprint density at radius 2 is 1.63 bits per heavy atom. The van der Waals surface area contributed by atoms with Crippen LogP contribution < -0.4 is 5.73 Å². The highest BCUT2D eigenvalue weighted by molar-refractivity contribution is 9.10. The van der Waals surface area contributed by atoms with E-state index in [1.54, 1.807) is 0 Å². The van der Waals surface area contributed by atoms with Crippen molar-refractivity contribution in [2.45, 2.75) is 19.9 Å². The van der Waals surface area contributed by atoms with Gasteiger partial charge in [-0.05, 0) is 60.4 Å². The molecule has 0 radical (unpaired) electrons. The van der Waals surface area contributed by atoms with Crippen LogP contribution in [0.15, 0.2) is 34.8 Å². The number of benzene rings is 2. The van der Waals surface area contributed by atoms with Gasteiger partial charge in [0.05, 0.1) is 6.04 Å². The Labute approximate surface area is 131 Å². The van der Waals surface area contributed by atoms with E-state index in [4.69, 9.17) is 28.9 Å². The van der Waals surface area contributed by atoms with Gasteiger partial charge in [0, 0.05) is 14.5 Å². The van der Waals surface area contributed by atoms with Crippen LogP contribution in [0.25, 0.3) is 0 Å². The molecule has 0 fully saturated rings. The summed E-state index contributed by atoms with van der Waals surface area (Å²) >= 11 is 15.8. The van der Waals surface area contributed by atoms with Gasteiger partial charge < -0.3 is 5.73 Å². The van der Waals surface area contributed by atoms with Gasteiger partial charge in [0.1, 0.15) is 0 Å². The standard InChI is InChI=1S/C15H14BrCl2N/c1-8-3-13(14(18)4-9(8)2)15(19)10-5-11(16)7-12(17)6-10/h3-7,15H,19H2,1-2H3. The molecule has 0 aromatic heterocycles. The Morgan fingerprint density at radius 3 is 2.26 bits per heavy atom. The minimum absolute atomic E-state index is 0.290. The number of hydrogen-bond donors (Lipinski definition) is 1. The van der Waals surface area contributed by atoms with Gasteiger partial charge in [-0.3, -0.25) is 0 Å². The first-order valence-corrected chi connectivity index (χ1v) is 7.41. The van der Waals surface area contributed by atoms with Crippen LogP contribution in [0.4, 0.5) is 0 Å². The minimum atomic E-state index is -0.290. The third-order valence-corrected chi connectivity index (χ3v) is 4.20. The molecule has 2 N–H and O–H groups in total. The number of halogens is 3. The van der Waals surface area contributed by atoms with Crippen LogP contribution in [0.2, 0.25) is 10.0 Å². The number of rotatable bonds is 2. The average Bonchev–Trinajstić information content (AvgIpc) is 2.31. The predicted molar refractivity (Wildman–Crippen MR) is 86.1 cm³/mol. The third kappa shape index (κ3) is 3.32. The average molecular weight is 359 g/mol. The lowest BCUT2D eigenvalue weighted by molar-refractivity contribution is 0.868. The Hall–Kier alpha value is -0.540. The third-order valence-electron chi connectivity index (χ3n) is 3.19. The minimum Gasteiger partial charge on any atom is -0.320 e. The van der Waals surface area contributed by atoms with Crippen LogP contribution in [0.3, 0.4) is 0 Å². The van der Waals surface area contributed by atoms with Crippen LogP contribution in [0.5, 0.6) is 0 Å². The fourth-order valence-corrected chi connectivity index (χ4v) is 3.20. The smallest absolute Gasteiger partial charge is 0.0567 e. The molecule has 2 aromatic carbocycles. The molecular weight excluding hydrogens is 345 g/mol. The zero-order valence-electron chi connectivity index (χ0n) is 10.7. The Bertz CT molecular complexity index is 606. The zero-order valence-corrected chi connectivity index (χ0v) is 13.8. The first kappa shape index (κ1) is 14.9. The van der Waals surface area contributed by atoms with E-state index >= 15 is 0 Å². The summed E-state index contributed by atoms with van der Waals surface area (Å²) in [4.78, 5) is 0. The van der Waals surface area contributed by atoms with Gasteiger partial charge in [0.15, 0.2) is 0 Å². The van der Waals surface area contributed by atoms with E-state index in [9.17, 15) is 0 Å². The molecule has 0 aliphatic carbocycles.